The molecule has 0 aliphatic carbocycles. The van der Waals surface area contributed by atoms with Crippen molar-refractivity contribution in [2.24, 2.45) is 0 Å². The smallest absolute Gasteiger partial charge is 0.255 e. The van der Waals surface area contributed by atoms with E-state index < -0.39 is 0 Å². The summed E-state index contributed by atoms with van der Waals surface area (Å²) >= 11 is 0. The van der Waals surface area contributed by atoms with E-state index in [1.165, 1.54) is 0 Å². The molecule has 0 heterocycles. The standard InChI is InChI=1S/C25H29N3O3/c1-4-31-15-7-14-26-25(30)22-17-21(12-13-23(22)28(2)3)27-24(29)20-11-10-18-8-5-6-9-19(18)16-20/h5-6,8-13,16-17H,4,7,14-15H2,1-3H3,(H,26,30)(H,27,29). The number of hydrogen-bond acceptors (Lipinski definition) is 4. The van der Waals surface area contributed by atoms with Crippen LogP contribution in [0.3, 0.4) is 0 Å². The largest absolute Gasteiger partial charge is 0.382 e. The molecule has 0 aliphatic heterocycles. The molecular weight excluding hydrogens is 390 g/mol. The summed E-state index contributed by atoms with van der Waals surface area (Å²) in [5, 5.41) is 7.92. The second kappa shape index (κ2) is 10.6. The van der Waals surface area contributed by atoms with E-state index in [-0.39, 0.29) is 11.8 Å². The molecular formula is C25H29N3O3. The van der Waals surface area contributed by atoms with Crippen LogP contribution in [0.1, 0.15) is 34.1 Å². The van der Waals surface area contributed by atoms with E-state index in [0.717, 1.165) is 22.9 Å². The Morgan fingerprint density at radius 2 is 1.71 bits per heavy atom. The molecule has 3 aromatic carbocycles. The molecule has 6 nitrogen and oxygen atoms in total. The van der Waals surface area contributed by atoms with Crippen molar-refractivity contribution in [3.8, 4) is 0 Å². The Bertz CT molecular complexity index is 1060. The van der Waals surface area contributed by atoms with E-state index in [4.69, 9.17) is 4.74 Å². The van der Waals surface area contributed by atoms with E-state index >= 15 is 0 Å². The van der Waals surface area contributed by atoms with Crippen LogP contribution in [0.4, 0.5) is 11.4 Å². The van der Waals surface area contributed by atoms with Crippen LogP contribution >= 0.6 is 0 Å². The maximum atomic E-state index is 12.8. The molecule has 3 aromatic rings. The van der Waals surface area contributed by atoms with E-state index in [1.807, 2.05) is 68.4 Å². The van der Waals surface area contributed by atoms with Crippen molar-refractivity contribution in [1.29, 1.82) is 0 Å². The zero-order valence-corrected chi connectivity index (χ0v) is 18.3. The maximum absolute atomic E-state index is 12.8. The lowest BCUT2D eigenvalue weighted by atomic mass is 10.1. The molecule has 0 radical (unpaired) electrons. The van der Waals surface area contributed by atoms with Crippen LogP contribution in [0.15, 0.2) is 60.7 Å². The number of carbonyl (C=O) groups is 2. The van der Waals surface area contributed by atoms with Gasteiger partial charge >= 0.3 is 0 Å². The zero-order chi connectivity index (χ0) is 22.2. The molecule has 0 saturated carbocycles. The topological polar surface area (TPSA) is 70.7 Å². The predicted octanol–water partition coefficient (Wildman–Crippen LogP) is 4.31. The van der Waals surface area contributed by atoms with Gasteiger partial charge in [0.05, 0.1) is 5.56 Å². The van der Waals surface area contributed by atoms with Gasteiger partial charge < -0.3 is 20.3 Å². The van der Waals surface area contributed by atoms with Crippen LogP contribution in [-0.2, 0) is 4.74 Å². The van der Waals surface area contributed by atoms with Crippen LogP contribution in [0.2, 0.25) is 0 Å². The summed E-state index contributed by atoms with van der Waals surface area (Å²) in [4.78, 5) is 27.4. The van der Waals surface area contributed by atoms with Crippen LogP contribution in [0.25, 0.3) is 10.8 Å². The normalized spacial score (nSPS) is 10.7. The fourth-order valence-corrected chi connectivity index (χ4v) is 3.34. The Kier molecular flexibility index (Phi) is 7.62. The fraction of sp³-hybridized carbons (Fsp3) is 0.280. The third-order valence-electron chi connectivity index (χ3n) is 4.95. The highest BCUT2D eigenvalue weighted by molar-refractivity contribution is 6.08. The number of hydrogen-bond donors (Lipinski definition) is 2. The summed E-state index contributed by atoms with van der Waals surface area (Å²) in [5.74, 6) is -0.395. The van der Waals surface area contributed by atoms with Crippen molar-refractivity contribution in [3.63, 3.8) is 0 Å². The van der Waals surface area contributed by atoms with Gasteiger partial charge in [0, 0.05) is 50.8 Å². The quantitative estimate of drug-likeness (QED) is 0.507. The van der Waals surface area contributed by atoms with Gasteiger partial charge in [-0.05, 0) is 54.4 Å². The molecule has 0 atom stereocenters. The van der Waals surface area contributed by atoms with E-state index in [9.17, 15) is 9.59 Å². The van der Waals surface area contributed by atoms with Crippen molar-refractivity contribution >= 4 is 34.0 Å². The lowest BCUT2D eigenvalue weighted by Crippen LogP contribution is -2.27. The van der Waals surface area contributed by atoms with Crippen LogP contribution < -0.4 is 15.5 Å². The predicted molar refractivity (Wildman–Crippen MR) is 126 cm³/mol. The SMILES string of the molecule is CCOCCCNC(=O)c1cc(NC(=O)c2ccc3ccccc3c2)ccc1N(C)C. The fourth-order valence-electron chi connectivity index (χ4n) is 3.34. The Balaban J connectivity index is 1.75. The molecule has 162 valence electrons. The number of rotatable bonds is 9. The molecule has 0 fully saturated rings. The Hall–Kier alpha value is -3.38. The lowest BCUT2D eigenvalue weighted by Gasteiger charge is -2.18. The van der Waals surface area contributed by atoms with Gasteiger partial charge in [0.2, 0.25) is 0 Å². The molecule has 0 aliphatic rings. The lowest BCUT2D eigenvalue weighted by molar-refractivity contribution is 0.0943. The third-order valence-corrected chi connectivity index (χ3v) is 4.95. The molecule has 31 heavy (non-hydrogen) atoms. The number of nitrogens with one attached hydrogen (secondary N) is 2. The maximum Gasteiger partial charge on any atom is 0.255 e. The van der Waals surface area contributed by atoms with Crippen molar-refractivity contribution in [2.45, 2.75) is 13.3 Å². The number of benzene rings is 3. The first-order valence-corrected chi connectivity index (χ1v) is 10.5. The Morgan fingerprint density at radius 3 is 2.45 bits per heavy atom. The molecule has 0 bridgehead atoms. The molecule has 6 heteroatoms. The number of anilines is 2. The minimum absolute atomic E-state index is 0.179. The van der Waals surface area contributed by atoms with Gasteiger partial charge in [-0.15, -0.1) is 0 Å². The van der Waals surface area contributed by atoms with E-state index in [2.05, 4.69) is 10.6 Å². The van der Waals surface area contributed by atoms with Crippen molar-refractivity contribution in [2.75, 3.05) is 44.1 Å². The monoisotopic (exact) mass is 419 g/mol. The first kappa shape index (κ1) is 22.3. The number of nitrogens with zero attached hydrogens (tertiary/aromatic N) is 1. The van der Waals surface area contributed by atoms with Crippen LogP contribution in [0, 0.1) is 0 Å². The number of fused-ring (bicyclic) bond motifs is 1. The summed E-state index contributed by atoms with van der Waals surface area (Å²) in [6, 6.07) is 18.9. The minimum Gasteiger partial charge on any atom is -0.382 e. The molecule has 2 N–H and O–H groups in total. The van der Waals surface area contributed by atoms with Crippen LogP contribution in [-0.4, -0.2) is 45.7 Å². The highest BCUT2D eigenvalue weighted by atomic mass is 16.5. The van der Waals surface area contributed by atoms with Gasteiger partial charge in [-0.25, -0.2) is 0 Å². The molecule has 0 aromatic heterocycles. The average Bonchev–Trinajstić information content (AvgIpc) is 2.78. The second-order valence-corrected chi connectivity index (χ2v) is 7.45. The van der Waals surface area contributed by atoms with Crippen LogP contribution in [0.5, 0.6) is 0 Å². The number of ether oxygens (including phenoxy) is 1. The Morgan fingerprint density at radius 1 is 0.935 bits per heavy atom. The van der Waals surface area contributed by atoms with E-state index in [0.29, 0.717) is 36.6 Å². The van der Waals surface area contributed by atoms with E-state index in [1.54, 1.807) is 18.2 Å². The first-order chi connectivity index (χ1) is 15.0. The molecule has 3 rings (SSSR count). The zero-order valence-electron chi connectivity index (χ0n) is 18.3. The van der Waals surface area contributed by atoms with Crippen molar-refractivity contribution < 1.29 is 14.3 Å². The highest BCUT2D eigenvalue weighted by Crippen LogP contribution is 2.24. The second-order valence-electron chi connectivity index (χ2n) is 7.45. The van der Waals surface area contributed by atoms with Gasteiger partial charge in [0.1, 0.15) is 0 Å². The third kappa shape index (κ3) is 5.83. The van der Waals surface area contributed by atoms with Gasteiger partial charge in [-0.2, -0.15) is 0 Å². The molecule has 0 unspecified atom stereocenters. The van der Waals surface area contributed by atoms with Crippen molar-refractivity contribution in [3.05, 3.63) is 71.8 Å². The summed E-state index contributed by atoms with van der Waals surface area (Å²) in [6.45, 7) is 3.75. The van der Waals surface area contributed by atoms with Crippen molar-refractivity contribution in [1.82, 2.24) is 5.32 Å². The first-order valence-electron chi connectivity index (χ1n) is 10.5. The molecule has 2 amide bonds. The summed E-state index contributed by atoms with van der Waals surface area (Å²) in [7, 11) is 3.77. The summed E-state index contributed by atoms with van der Waals surface area (Å²) in [5.41, 5.74) is 2.43. The summed E-state index contributed by atoms with van der Waals surface area (Å²) < 4.78 is 5.31. The number of carbonyl (C=O) groups excluding carboxylic acids is 2. The minimum atomic E-state index is -0.216. The molecule has 0 saturated heterocycles. The highest BCUT2D eigenvalue weighted by Gasteiger charge is 2.15. The Labute approximate surface area is 183 Å². The van der Waals surface area contributed by atoms with Gasteiger partial charge in [-0.1, -0.05) is 30.3 Å². The average molecular weight is 420 g/mol. The summed E-state index contributed by atoms with van der Waals surface area (Å²) in [6.07, 6.45) is 0.745. The van der Waals surface area contributed by atoms with Gasteiger partial charge in [0.15, 0.2) is 0 Å². The molecule has 0 spiro atoms. The van der Waals surface area contributed by atoms with Gasteiger partial charge in [-0.3, -0.25) is 9.59 Å². The number of amides is 2. The van der Waals surface area contributed by atoms with Gasteiger partial charge in [0.25, 0.3) is 11.8 Å².